The van der Waals surface area contributed by atoms with Gasteiger partial charge in [-0.1, -0.05) is 44.7 Å². The van der Waals surface area contributed by atoms with E-state index in [0.29, 0.717) is 25.3 Å². The largest absolute Gasteiger partial charge is 0.455 e. The van der Waals surface area contributed by atoms with Crippen LogP contribution in [0.5, 0.6) is 0 Å². The quantitative estimate of drug-likeness (QED) is 0.229. The second-order valence-electron chi connectivity index (χ2n) is 7.45. The van der Waals surface area contributed by atoms with Crippen molar-refractivity contribution in [2.45, 2.75) is 37.7 Å². The van der Waals surface area contributed by atoms with Crippen LogP contribution in [0.15, 0.2) is 60.3 Å². The van der Waals surface area contributed by atoms with Crippen molar-refractivity contribution in [3.8, 4) is 0 Å². The van der Waals surface area contributed by atoms with Gasteiger partial charge in [0.2, 0.25) is 0 Å². The van der Waals surface area contributed by atoms with Gasteiger partial charge in [-0.3, -0.25) is 4.55 Å². The van der Waals surface area contributed by atoms with Crippen molar-refractivity contribution < 1.29 is 27.2 Å². The number of benzene rings is 1. The van der Waals surface area contributed by atoms with E-state index in [2.05, 4.69) is 29.9 Å². The minimum atomic E-state index is -4.06. The van der Waals surface area contributed by atoms with Crippen LogP contribution in [0.3, 0.4) is 0 Å². The summed E-state index contributed by atoms with van der Waals surface area (Å²) in [5, 5.41) is 0. The molecule has 32 heavy (non-hydrogen) atoms. The highest BCUT2D eigenvalue weighted by Crippen LogP contribution is 2.10. The molecule has 0 aliphatic carbocycles. The second kappa shape index (κ2) is 13.7. The summed E-state index contributed by atoms with van der Waals surface area (Å²) in [7, 11) is -2.06. The van der Waals surface area contributed by atoms with Crippen LogP contribution in [0.1, 0.15) is 32.3 Å². The monoisotopic (exact) mass is 466 g/mol. The van der Waals surface area contributed by atoms with Gasteiger partial charge in [0, 0.05) is 31.6 Å². The molecule has 0 bridgehead atoms. The first-order valence-electron chi connectivity index (χ1n) is 10.3. The molecular weight excluding hydrogens is 432 g/mol. The molecule has 0 fully saturated rings. The summed E-state index contributed by atoms with van der Waals surface area (Å²) in [5.74, 6) is -0.356. The molecular formula is C23H34N2O6S. The Morgan fingerprint density at radius 2 is 1.94 bits per heavy atom. The van der Waals surface area contributed by atoms with E-state index in [0.717, 1.165) is 25.1 Å². The maximum absolute atomic E-state index is 11.7. The van der Waals surface area contributed by atoms with Gasteiger partial charge in [-0.15, -0.1) is 0 Å². The molecule has 1 aromatic carbocycles. The average molecular weight is 467 g/mol. The van der Waals surface area contributed by atoms with Crippen molar-refractivity contribution in [1.29, 1.82) is 0 Å². The summed E-state index contributed by atoms with van der Waals surface area (Å²) in [6.45, 7) is 13.5. The first-order chi connectivity index (χ1) is 15.1. The van der Waals surface area contributed by atoms with Crippen LogP contribution < -0.4 is 0 Å². The van der Waals surface area contributed by atoms with Crippen LogP contribution in [-0.2, 0) is 24.4 Å². The highest BCUT2D eigenvalue weighted by atomic mass is 32.2. The van der Waals surface area contributed by atoms with Crippen LogP contribution >= 0.6 is 0 Å². The SMILES string of the molecule is C=C(C)C(=O)OC(COCCCC)CN1C=CN(C)C1.C=Cc1ccc(S(=O)(=O)O)cc1. The lowest BCUT2D eigenvalue weighted by molar-refractivity contribution is -0.148. The number of unbranched alkanes of at least 4 members (excludes halogenated alkanes) is 1. The molecule has 1 aromatic rings. The van der Waals surface area contributed by atoms with Crippen molar-refractivity contribution in [2.75, 3.05) is 33.5 Å². The summed E-state index contributed by atoms with van der Waals surface area (Å²) < 4.78 is 40.7. The van der Waals surface area contributed by atoms with E-state index in [1.807, 2.05) is 19.4 Å². The van der Waals surface area contributed by atoms with E-state index in [4.69, 9.17) is 14.0 Å². The molecule has 1 aliphatic rings. The number of hydrogen-bond donors (Lipinski definition) is 1. The lowest BCUT2D eigenvalue weighted by Gasteiger charge is -2.24. The van der Waals surface area contributed by atoms with Gasteiger partial charge in [-0.2, -0.15) is 8.42 Å². The molecule has 1 heterocycles. The van der Waals surface area contributed by atoms with Gasteiger partial charge in [0.05, 0.1) is 24.7 Å². The predicted octanol–water partition coefficient (Wildman–Crippen LogP) is 3.54. The molecule has 1 unspecified atom stereocenters. The minimum Gasteiger partial charge on any atom is -0.455 e. The fraction of sp³-hybridized carbons (Fsp3) is 0.435. The molecule has 0 radical (unpaired) electrons. The van der Waals surface area contributed by atoms with Crippen LogP contribution in [-0.4, -0.2) is 68.3 Å². The predicted molar refractivity (Wildman–Crippen MR) is 125 cm³/mol. The Hall–Kier alpha value is -2.62. The minimum absolute atomic E-state index is 0.104. The number of carbonyl (C=O) groups excluding carboxylic acids is 1. The Bertz CT molecular complexity index is 880. The summed E-state index contributed by atoms with van der Waals surface area (Å²) in [6, 6.07) is 5.78. The van der Waals surface area contributed by atoms with Crippen molar-refractivity contribution >= 4 is 22.2 Å². The lowest BCUT2D eigenvalue weighted by atomic mass is 10.2. The van der Waals surface area contributed by atoms with Gasteiger partial charge in [0.15, 0.2) is 0 Å². The van der Waals surface area contributed by atoms with Gasteiger partial charge in [-0.05, 0) is 31.0 Å². The summed E-state index contributed by atoms with van der Waals surface area (Å²) in [4.78, 5) is 15.7. The highest BCUT2D eigenvalue weighted by molar-refractivity contribution is 7.85. The molecule has 1 atom stereocenters. The van der Waals surface area contributed by atoms with Gasteiger partial charge in [0.1, 0.15) is 6.10 Å². The highest BCUT2D eigenvalue weighted by Gasteiger charge is 2.20. The zero-order chi connectivity index (χ0) is 24.1. The van der Waals surface area contributed by atoms with Gasteiger partial charge in [0.25, 0.3) is 10.1 Å². The zero-order valence-electron chi connectivity index (χ0n) is 19.1. The van der Waals surface area contributed by atoms with Crippen molar-refractivity contribution in [1.82, 2.24) is 9.80 Å². The van der Waals surface area contributed by atoms with E-state index in [1.54, 1.807) is 25.1 Å². The van der Waals surface area contributed by atoms with Crippen LogP contribution in [0.2, 0.25) is 0 Å². The van der Waals surface area contributed by atoms with Crippen molar-refractivity contribution in [2.24, 2.45) is 0 Å². The summed E-state index contributed by atoms with van der Waals surface area (Å²) in [6.07, 6.45) is 7.42. The Balaban J connectivity index is 0.000000363. The second-order valence-corrected chi connectivity index (χ2v) is 8.87. The normalized spacial score (nSPS) is 13.9. The first kappa shape index (κ1) is 27.4. The molecule has 2 rings (SSSR count). The smallest absolute Gasteiger partial charge is 0.333 e. The molecule has 0 aromatic heterocycles. The van der Waals surface area contributed by atoms with E-state index in [-0.39, 0.29) is 17.0 Å². The van der Waals surface area contributed by atoms with E-state index in [1.165, 1.54) is 12.1 Å². The molecule has 9 heteroatoms. The maximum Gasteiger partial charge on any atom is 0.333 e. The molecule has 178 valence electrons. The van der Waals surface area contributed by atoms with Gasteiger partial charge < -0.3 is 19.3 Å². The summed E-state index contributed by atoms with van der Waals surface area (Å²) in [5.41, 5.74) is 1.22. The number of ether oxygens (including phenoxy) is 2. The van der Waals surface area contributed by atoms with E-state index < -0.39 is 10.1 Å². The fourth-order valence-electron chi connectivity index (χ4n) is 2.58. The maximum atomic E-state index is 11.7. The molecule has 8 nitrogen and oxygen atoms in total. The lowest BCUT2D eigenvalue weighted by Crippen LogP contribution is -2.36. The number of hydrogen-bond acceptors (Lipinski definition) is 7. The topological polar surface area (TPSA) is 96.4 Å². The third-order valence-corrected chi connectivity index (χ3v) is 5.22. The average Bonchev–Trinajstić information content (AvgIpc) is 3.15. The Kier molecular flexibility index (Phi) is 11.8. The Labute approximate surface area is 191 Å². The zero-order valence-corrected chi connectivity index (χ0v) is 19.9. The number of esters is 1. The van der Waals surface area contributed by atoms with E-state index >= 15 is 0 Å². The number of carbonyl (C=O) groups is 1. The molecule has 0 saturated carbocycles. The molecule has 1 N–H and O–H groups in total. The Morgan fingerprint density at radius 3 is 2.41 bits per heavy atom. The third kappa shape index (κ3) is 10.6. The molecule has 0 saturated heterocycles. The van der Waals surface area contributed by atoms with Gasteiger partial charge in [-0.25, -0.2) is 4.79 Å². The van der Waals surface area contributed by atoms with Crippen LogP contribution in [0.25, 0.3) is 6.08 Å². The Morgan fingerprint density at radius 1 is 1.28 bits per heavy atom. The van der Waals surface area contributed by atoms with E-state index in [9.17, 15) is 13.2 Å². The van der Waals surface area contributed by atoms with Crippen molar-refractivity contribution in [3.05, 3.63) is 61.0 Å². The first-order valence-corrected chi connectivity index (χ1v) is 11.8. The number of rotatable bonds is 11. The van der Waals surface area contributed by atoms with Gasteiger partial charge >= 0.3 is 5.97 Å². The standard InChI is InChI=1S/C15H26N2O3.C8H8O3S/c1-5-6-9-19-11-14(20-15(18)13(2)3)10-17-8-7-16(4)12-17;1-2-7-3-5-8(6-4-7)12(9,10)11/h7-8,14H,2,5-6,9-12H2,1,3-4H3;2-6H,1H2,(H,9,10,11). The molecule has 0 amide bonds. The van der Waals surface area contributed by atoms with Crippen LogP contribution in [0, 0.1) is 0 Å². The fourth-order valence-corrected chi connectivity index (χ4v) is 3.06. The van der Waals surface area contributed by atoms with Crippen LogP contribution in [0.4, 0.5) is 0 Å². The van der Waals surface area contributed by atoms with Crippen molar-refractivity contribution in [3.63, 3.8) is 0 Å². The molecule has 0 spiro atoms. The summed E-state index contributed by atoms with van der Waals surface area (Å²) >= 11 is 0. The number of nitrogens with zero attached hydrogens (tertiary/aromatic N) is 2. The third-order valence-electron chi connectivity index (χ3n) is 4.36. The molecule has 1 aliphatic heterocycles.